The van der Waals surface area contributed by atoms with Crippen LogP contribution >= 0.6 is 11.6 Å². The average Bonchev–Trinajstić information content (AvgIpc) is 2.77. The summed E-state index contributed by atoms with van der Waals surface area (Å²) < 4.78 is 11.2. The monoisotopic (exact) mass is 454 g/mol. The molecule has 0 aliphatic carbocycles. The zero-order chi connectivity index (χ0) is 22.1. The molecule has 3 atom stereocenters. The number of hydrogen-bond donors (Lipinski definition) is 4. The van der Waals surface area contributed by atoms with Gasteiger partial charge in [0.2, 0.25) is 5.91 Å². The van der Waals surface area contributed by atoms with Crippen molar-refractivity contribution in [2.75, 3.05) is 51.3 Å². The van der Waals surface area contributed by atoms with Crippen LogP contribution in [0.4, 0.5) is 10.5 Å². The molecule has 2 heterocycles. The number of ether oxygens (including phenoxy) is 2. The summed E-state index contributed by atoms with van der Waals surface area (Å²) in [6.45, 7) is 3.59. The van der Waals surface area contributed by atoms with Crippen LogP contribution in [-0.4, -0.2) is 86.2 Å². The predicted molar refractivity (Wildman–Crippen MR) is 117 cm³/mol. The molecule has 0 saturated carbocycles. The lowest BCUT2D eigenvalue weighted by atomic mass is 9.97. The fourth-order valence-corrected chi connectivity index (χ4v) is 3.89. The molecule has 2 saturated heterocycles. The molecule has 172 valence electrons. The summed E-state index contributed by atoms with van der Waals surface area (Å²) in [6, 6.07) is 6.18. The third-order valence-electron chi connectivity index (χ3n) is 5.47. The van der Waals surface area contributed by atoms with Crippen molar-refractivity contribution < 1.29 is 24.2 Å². The van der Waals surface area contributed by atoms with Crippen LogP contribution in [0.15, 0.2) is 24.3 Å². The van der Waals surface area contributed by atoms with Gasteiger partial charge in [-0.05, 0) is 43.5 Å². The van der Waals surface area contributed by atoms with Gasteiger partial charge in [-0.25, -0.2) is 4.79 Å². The summed E-state index contributed by atoms with van der Waals surface area (Å²) in [4.78, 5) is 26.4. The Balaban J connectivity index is 1.36. The first-order chi connectivity index (χ1) is 15.0. The van der Waals surface area contributed by atoms with Crippen LogP contribution in [0.5, 0.6) is 0 Å². The molecule has 2 aliphatic heterocycles. The van der Waals surface area contributed by atoms with E-state index in [4.69, 9.17) is 21.1 Å². The summed E-state index contributed by atoms with van der Waals surface area (Å²) >= 11 is 5.85. The first-order valence-corrected chi connectivity index (χ1v) is 11.1. The Labute approximate surface area is 187 Å². The Kier molecular flexibility index (Phi) is 9.35. The summed E-state index contributed by atoms with van der Waals surface area (Å²) in [7, 11) is 0. The van der Waals surface area contributed by atoms with Crippen LogP contribution < -0.4 is 16.0 Å². The van der Waals surface area contributed by atoms with E-state index in [9.17, 15) is 14.7 Å². The molecule has 1 aromatic rings. The fourth-order valence-electron chi connectivity index (χ4n) is 3.77. The second-order valence-corrected chi connectivity index (χ2v) is 8.23. The highest BCUT2D eigenvalue weighted by Crippen LogP contribution is 2.22. The topological polar surface area (TPSA) is 112 Å². The van der Waals surface area contributed by atoms with Crippen molar-refractivity contribution in [3.05, 3.63) is 29.3 Å². The van der Waals surface area contributed by atoms with Gasteiger partial charge < -0.3 is 30.5 Å². The number of nitrogens with one attached hydrogen (secondary N) is 3. The lowest BCUT2D eigenvalue weighted by molar-refractivity contribution is -0.123. The molecule has 3 amide bonds. The van der Waals surface area contributed by atoms with Crippen LogP contribution in [0.2, 0.25) is 5.02 Å². The maximum Gasteiger partial charge on any atom is 0.319 e. The maximum atomic E-state index is 12.3. The van der Waals surface area contributed by atoms with Crippen LogP contribution in [0.25, 0.3) is 0 Å². The van der Waals surface area contributed by atoms with Crippen molar-refractivity contribution in [1.82, 2.24) is 15.5 Å². The van der Waals surface area contributed by atoms with Crippen LogP contribution in [0.3, 0.4) is 0 Å². The fraction of sp³-hybridized carbons (Fsp3) is 0.619. The number of carbonyl (C=O) groups is 2. The van der Waals surface area contributed by atoms with Crippen molar-refractivity contribution in [3.63, 3.8) is 0 Å². The normalized spacial score (nSPS) is 24.4. The molecule has 4 N–H and O–H groups in total. The van der Waals surface area contributed by atoms with E-state index in [1.54, 1.807) is 24.3 Å². The third kappa shape index (κ3) is 7.93. The van der Waals surface area contributed by atoms with E-state index in [1.807, 2.05) is 0 Å². The zero-order valence-electron chi connectivity index (χ0n) is 17.5. The van der Waals surface area contributed by atoms with Crippen LogP contribution in [0, 0.1) is 0 Å². The number of amides is 3. The molecular weight excluding hydrogens is 424 g/mol. The minimum absolute atomic E-state index is 0.00479. The number of carbonyl (C=O) groups excluding carboxylic acids is 2. The Hall–Kier alpha value is -1.91. The summed E-state index contributed by atoms with van der Waals surface area (Å²) in [5, 5.41) is 18.9. The van der Waals surface area contributed by atoms with Gasteiger partial charge in [-0.3, -0.25) is 9.69 Å². The molecule has 1 aromatic carbocycles. The van der Waals surface area contributed by atoms with E-state index in [0.717, 1.165) is 19.5 Å². The number of urea groups is 1. The highest BCUT2D eigenvalue weighted by molar-refractivity contribution is 6.30. The summed E-state index contributed by atoms with van der Waals surface area (Å²) in [6.07, 6.45) is 1.53. The van der Waals surface area contributed by atoms with Crippen molar-refractivity contribution >= 4 is 29.2 Å². The molecule has 2 aliphatic rings. The number of aliphatic hydroxyl groups excluding tert-OH is 1. The molecule has 0 bridgehead atoms. The van der Waals surface area contributed by atoms with Crippen LogP contribution in [-0.2, 0) is 14.3 Å². The number of halogens is 1. The number of nitrogens with zero attached hydrogens (tertiary/aromatic N) is 1. The van der Waals surface area contributed by atoms with Crippen LogP contribution in [0.1, 0.15) is 19.3 Å². The quantitative estimate of drug-likeness (QED) is 0.469. The Morgan fingerprint density at radius 3 is 2.61 bits per heavy atom. The minimum atomic E-state index is -0.487. The van der Waals surface area contributed by atoms with Gasteiger partial charge in [0.25, 0.3) is 0 Å². The van der Waals surface area contributed by atoms with Gasteiger partial charge in [0, 0.05) is 30.3 Å². The molecule has 31 heavy (non-hydrogen) atoms. The molecule has 0 aromatic heterocycles. The molecule has 9 nitrogen and oxygen atoms in total. The van der Waals surface area contributed by atoms with Gasteiger partial charge in [0.1, 0.15) is 6.10 Å². The van der Waals surface area contributed by atoms with Crippen molar-refractivity contribution in [1.29, 1.82) is 0 Å². The summed E-state index contributed by atoms with van der Waals surface area (Å²) in [5.74, 6) is -0.00479. The summed E-state index contributed by atoms with van der Waals surface area (Å²) in [5.41, 5.74) is 0.630. The van der Waals surface area contributed by atoms with Gasteiger partial charge in [0.05, 0.1) is 38.5 Å². The number of rotatable bonds is 8. The van der Waals surface area contributed by atoms with Crippen molar-refractivity contribution in [2.45, 2.75) is 37.5 Å². The van der Waals surface area contributed by atoms with E-state index in [1.165, 1.54) is 0 Å². The first-order valence-electron chi connectivity index (χ1n) is 10.7. The lowest BCUT2D eigenvalue weighted by Crippen LogP contribution is -2.52. The van der Waals surface area contributed by atoms with E-state index < -0.39 is 6.10 Å². The van der Waals surface area contributed by atoms with Gasteiger partial charge in [-0.2, -0.15) is 0 Å². The van der Waals surface area contributed by atoms with Gasteiger partial charge in [0.15, 0.2) is 0 Å². The maximum absolute atomic E-state index is 12.3. The number of morpholine rings is 1. The molecule has 0 unspecified atom stereocenters. The SMILES string of the molecule is O=C(CN1CCOCC1)NCC[C@@H]1CC[C@H](NC(=O)Nc2ccc(Cl)cc2)[C@H](CO)O1. The Bertz CT molecular complexity index is 714. The van der Waals surface area contributed by atoms with E-state index in [2.05, 4.69) is 20.9 Å². The Morgan fingerprint density at radius 1 is 1.16 bits per heavy atom. The predicted octanol–water partition coefficient (Wildman–Crippen LogP) is 1.21. The van der Waals surface area contributed by atoms with Crippen molar-refractivity contribution in [2.24, 2.45) is 0 Å². The lowest BCUT2D eigenvalue weighted by Gasteiger charge is -2.36. The molecule has 3 rings (SSSR count). The average molecular weight is 455 g/mol. The second kappa shape index (κ2) is 12.2. The molecule has 0 radical (unpaired) electrons. The van der Waals surface area contributed by atoms with Gasteiger partial charge >= 0.3 is 6.03 Å². The van der Waals surface area contributed by atoms with E-state index >= 15 is 0 Å². The number of anilines is 1. The Morgan fingerprint density at radius 2 is 1.90 bits per heavy atom. The highest BCUT2D eigenvalue weighted by atomic mass is 35.5. The largest absolute Gasteiger partial charge is 0.394 e. The molecular formula is C21H31ClN4O5. The number of benzene rings is 1. The standard InChI is InChI=1S/C21H31ClN4O5/c22-15-1-3-16(4-2-15)24-21(29)25-18-6-5-17(31-19(18)14-27)7-8-23-20(28)13-26-9-11-30-12-10-26/h1-4,17-19,27H,5-14H2,(H,23,28)(H2,24,25,29)/t17-,18-,19-/m0/s1. The van der Waals surface area contributed by atoms with Gasteiger partial charge in [-0.1, -0.05) is 11.6 Å². The first kappa shape index (κ1) is 23.7. The molecule has 10 heteroatoms. The van der Waals surface area contributed by atoms with E-state index in [0.29, 0.717) is 49.9 Å². The third-order valence-corrected chi connectivity index (χ3v) is 5.73. The molecule has 0 spiro atoms. The number of aliphatic hydroxyl groups is 1. The highest BCUT2D eigenvalue weighted by Gasteiger charge is 2.31. The minimum Gasteiger partial charge on any atom is -0.394 e. The second-order valence-electron chi connectivity index (χ2n) is 7.80. The van der Waals surface area contributed by atoms with Crippen molar-refractivity contribution in [3.8, 4) is 0 Å². The number of hydrogen-bond acceptors (Lipinski definition) is 6. The van der Waals surface area contributed by atoms with Gasteiger partial charge in [-0.15, -0.1) is 0 Å². The van der Waals surface area contributed by atoms with E-state index in [-0.39, 0.29) is 30.7 Å². The smallest absolute Gasteiger partial charge is 0.319 e. The zero-order valence-corrected chi connectivity index (χ0v) is 18.3. The molecule has 2 fully saturated rings.